The molecule has 3 rings (SSSR count). The van der Waals surface area contributed by atoms with Crippen LogP contribution in [-0.4, -0.2) is 44.7 Å². The topological polar surface area (TPSA) is 79.9 Å². The molecule has 0 saturated carbocycles. The van der Waals surface area contributed by atoms with Crippen LogP contribution in [0.5, 0.6) is 11.5 Å². The third kappa shape index (κ3) is 4.48. The highest BCUT2D eigenvalue weighted by Gasteiger charge is 2.31. The molecule has 2 N–H and O–H groups in total. The summed E-state index contributed by atoms with van der Waals surface area (Å²) in [5, 5.41) is 5.10. The summed E-state index contributed by atoms with van der Waals surface area (Å²) in [6.45, 7) is -2.94. The van der Waals surface area contributed by atoms with Gasteiger partial charge in [-0.1, -0.05) is 24.3 Å². The number of hydrogen-bond donors (Lipinski definition) is 2. The Balaban J connectivity index is 1.75. The van der Waals surface area contributed by atoms with Crippen molar-refractivity contribution in [2.45, 2.75) is 12.7 Å². The number of nitrogens with zero attached hydrogens (tertiary/aromatic N) is 1. The quantitative estimate of drug-likeness (QED) is 0.790. The molecule has 2 amide bonds. The van der Waals surface area contributed by atoms with Crippen LogP contribution in [0.15, 0.2) is 48.5 Å². The maximum absolute atomic E-state index is 12.5. The Morgan fingerprint density at radius 2 is 1.93 bits per heavy atom. The third-order valence-electron chi connectivity index (χ3n) is 4.11. The highest BCUT2D eigenvalue weighted by Crippen LogP contribution is 2.33. The Morgan fingerprint density at radius 1 is 1.21 bits per heavy atom. The fourth-order valence-electron chi connectivity index (χ4n) is 2.89. The summed E-state index contributed by atoms with van der Waals surface area (Å²) in [4.78, 5) is 26.2. The lowest BCUT2D eigenvalue weighted by Gasteiger charge is -2.35. The molecule has 0 aliphatic carbocycles. The molecule has 1 atom stereocenters. The smallest absolute Gasteiger partial charge is 0.387 e. The van der Waals surface area contributed by atoms with Crippen LogP contribution >= 0.6 is 0 Å². The molecule has 0 fully saturated rings. The second-order valence-corrected chi connectivity index (χ2v) is 5.99. The molecule has 2 aromatic rings. The number of alkyl halides is 2. The van der Waals surface area contributed by atoms with Gasteiger partial charge in [-0.15, -0.1) is 0 Å². The molecule has 9 heteroatoms. The maximum Gasteiger partial charge on any atom is 0.387 e. The minimum atomic E-state index is -3.00. The SMILES string of the molecule is CNC(=O)[C@H]1CN(CC(=O)Nc2ccccc2OC(F)F)c2ccccc2O1. The van der Waals surface area contributed by atoms with E-state index in [1.54, 1.807) is 35.2 Å². The van der Waals surface area contributed by atoms with E-state index in [-0.39, 0.29) is 30.4 Å². The van der Waals surface area contributed by atoms with Gasteiger partial charge in [0, 0.05) is 7.05 Å². The molecule has 1 aliphatic rings. The predicted octanol–water partition coefficient (Wildman–Crippen LogP) is 2.24. The molecule has 0 saturated heterocycles. The molecule has 0 radical (unpaired) electrons. The lowest BCUT2D eigenvalue weighted by molar-refractivity contribution is -0.127. The number of nitrogens with one attached hydrogen (secondary N) is 2. The number of para-hydroxylation sites is 4. The number of benzene rings is 2. The van der Waals surface area contributed by atoms with Crippen LogP contribution in [0.3, 0.4) is 0 Å². The highest BCUT2D eigenvalue weighted by atomic mass is 19.3. The van der Waals surface area contributed by atoms with Crippen LogP contribution in [0.4, 0.5) is 20.2 Å². The van der Waals surface area contributed by atoms with E-state index in [1.165, 1.54) is 25.2 Å². The molecule has 2 aromatic carbocycles. The summed E-state index contributed by atoms with van der Waals surface area (Å²) < 4.78 is 35.2. The molecular formula is C19H19F2N3O4. The summed E-state index contributed by atoms with van der Waals surface area (Å²) in [6, 6.07) is 13.0. The van der Waals surface area contributed by atoms with Gasteiger partial charge in [0.15, 0.2) is 6.10 Å². The summed E-state index contributed by atoms with van der Waals surface area (Å²) in [6.07, 6.45) is -0.776. The Hall–Kier alpha value is -3.36. The lowest BCUT2D eigenvalue weighted by Crippen LogP contribution is -2.50. The van der Waals surface area contributed by atoms with Crippen molar-refractivity contribution in [3.8, 4) is 11.5 Å². The molecule has 0 bridgehead atoms. The van der Waals surface area contributed by atoms with Gasteiger partial charge >= 0.3 is 6.61 Å². The molecule has 148 valence electrons. The number of rotatable bonds is 6. The molecule has 0 spiro atoms. The Morgan fingerprint density at radius 3 is 2.68 bits per heavy atom. The van der Waals surface area contributed by atoms with Crippen LogP contribution in [0.1, 0.15) is 0 Å². The van der Waals surface area contributed by atoms with Gasteiger partial charge in [-0.3, -0.25) is 9.59 Å². The predicted molar refractivity (Wildman–Crippen MR) is 98.8 cm³/mol. The van der Waals surface area contributed by atoms with Crippen molar-refractivity contribution in [1.29, 1.82) is 0 Å². The van der Waals surface area contributed by atoms with Crippen LogP contribution in [-0.2, 0) is 9.59 Å². The summed E-state index contributed by atoms with van der Waals surface area (Å²) >= 11 is 0. The van der Waals surface area contributed by atoms with Crippen molar-refractivity contribution in [2.24, 2.45) is 0 Å². The Kier molecular flexibility index (Phi) is 5.93. The molecule has 1 heterocycles. The van der Waals surface area contributed by atoms with Gasteiger partial charge in [0.2, 0.25) is 5.91 Å². The molecule has 7 nitrogen and oxygen atoms in total. The van der Waals surface area contributed by atoms with Crippen LogP contribution in [0, 0.1) is 0 Å². The van der Waals surface area contributed by atoms with E-state index in [4.69, 9.17) is 4.74 Å². The Bertz CT molecular complexity index is 863. The number of carbonyl (C=O) groups is 2. The first-order chi connectivity index (χ1) is 13.5. The average Bonchev–Trinajstić information content (AvgIpc) is 2.68. The third-order valence-corrected chi connectivity index (χ3v) is 4.11. The zero-order valence-electron chi connectivity index (χ0n) is 15.0. The minimum Gasteiger partial charge on any atom is -0.477 e. The van der Waals surface area contributed by atoms with Crippen LogP contribution in [0.2, 0.25) is 0 Å². The summed E-state index contributed by atoms with van der Waals surface area (Å²) in [5.41, 5.74) is 0.798. The number of likely N-dealkylation sites (N-methyl/N-ethyl adjacent to an activating group) is 1. The zero-order chi connectivity index (χ0) is 20.1. The lowest BCUT2D eigenvalue weighted by atomic mass is 10.1. The fraction of sp³-hybridized carbons (Fsp3) is 0.263. The van der Waals surface area contributed by atoms with E-state index < -0.39 is 18.6 Å². The fourth-order valence-corrected chi connectivity index (χ4v) is 2.89. The zero-order valence-corrected chi connectivity index (χ0v) is 15.0. The van der Waals surface area contributed by atoms with Crippen molar-refractivity contribution in [3.05, 3.63) is 48.5 Å². The number of halogens is 2. The molecule has 28 heavy (non-hydrogen) atoms. The molecule has 1 aliphatic heterocycles. The number of amides is 2. The van der Waals surface area contributed by atoms with Crippen molar-refractivity contribution in [1.82, 2.24) is 5.32 Å². The van der Waals surface area contributed by atoms with E-state index in [0.717, 1.165) is 0 Å². The van der Waals surface area contributed by atoms with Gasteiger partial charge in [-0.25, -0.2) is 0 Å². The average molecular weight is 391 g/mol. The van der Waals surface area contributed by atoms with Crippen molar-refractivity contribution in [2.75, 3.05) is 30.4 Å². The summed E-state index contributed by atoms with van der Waals surface area (Å²) in [5.74, 6) is -0.402. The first-order valence-corrected chi connectivity index (χ1v) is 8.54. The standard InChI is InChI=1S/C19H19F2N3O4/c1-22-18(26)16-10-24(13-7-3-5-9-15(13)27-16)11-17(25)23-12-6-2-4-8-14(12)28-19(20)21/h2-9,16,19H,10-11H2,1H3,(H,22,26)(H,23,25)/t16-/m1/s1. The normalized spacial score (nSPS) is 15.4. The number of carbonyl (C=O) groups excluding carboxylic acids is 2. The van der Waals surface area contributed by atoms with Gasteiger partial charge in [0.05, 0.1) is 24.5 Å². The van der Waals surface area contributed by atoms with Gasteiger partial charge in [0.25, 0.3) is 5.91 Å². The van der Waals surface area contributed by atoms with E-state index in [2.05, 4.69) is 15.4 Å². The highest BCUT2D eigenvalue weighted by molar-refractivity contribution is 5.96. The second kappa shape index (κ2) is 8.55. The summed E-state index contributed by atoms with van der Waals surface area (Å²) in [7, 11) is 1.50. The van der Waals surface area contributed by atoms with E-state index in [1.807, 2.05) is 0 Å². The molecule has 0 aromatic heterocycles. The van der Waals surface area contributed by atoms with Crippen LogP contribution in [0.25, 0.3) is 0 Å². The van der Waals surface area contributed by atoms with Gasteiger partial charge in [-0.2, -0.15) is 8.78 Å². The van der Waals surface area contributed by atoms with Crippen molar-refractivity contribution >= 4 is 23.2 Å². The number of ether oxygens (including phenoxy) is 2. The maximum atomic E-state index is 12.5. The van der Waals surface area contributed by atoms with Gasteiger partial charge in [0.1, 0.15) is 11.5 Å². The van der Waals surface area contributed by atoms with Crippen molar-refractivity contribution < 1.29 is 27.8 Å². The van der Waals surface area contributed by atoms with E-state index in [0.29, 0.717) is 11.4 Å². The van der Waals surface area contributed by atoms with Crippen LogP contribution < -0.4 is 25.0 Å². The first-order valence-electron chi connectivity index (χ1n) is 8.54. The minimum absolute atomic E-state index is 0.100. The number of anilines is 2. The number of fused-ring (bicyclic) bond motifs is 1. The number of hydrogen-bond acceptors (Lipinski definition) is 5. The van der Waals surface area contributed by atoms with Crippen molar-refractivity contribution in [3.63, 3.8) is 0 Å². The van der Waals surface area contributed by atoms with Gasteiger partial charge in [-0.05, 0) is 24.3 Å². The first kappa shape index (κ1) is 19.4. The van der Waals surface area contributed by atoms with Gasteiger partial charge < -0.3 is 25.0 Å². The van der Waals surface area contributed by atoms with E-state index in [9.17, 15) is 18.4 Å². The second-order valence-electron chi connectivity index (χ2n) is 5.99. The molecule has 0 unspecified atom stereocenters. The molecular weight excluding hydrogens is 372 g/mol. The largest absolute Gasteiger partial charge is 0.477 e. The van der Waals surface area contributed by atoms with E-state index >= 15 is 0 Å². The monoisotopic (exact) mass is 391 g/mol. The Labute approximate surface area is 160 Å².